The third-order valence-electron chi connectivity index (χ3n) is 4.66. The zero-order chi connectivity index (χ0) is 17.6. The normalized spacial score (nSPS) is 21.3. The Labute approximate surface area is 135 Å². The lowest BCUT2D eigenvalue weighted by molar-refractivity contribution is -0.163. The van der Waals surface area contributed by atoms with Gasteiger partial charge in [-0.25, -0.2) is 8.42 Å². The van der Waals surface area contributed by atoms with Crippen LogP contribution in [0.5, 0.6) is 0 Å². The van der Waals surface area contributed by atoms with Gasteiger partial charge in [0.1, 0.15) is 5.25 Å². The average Bonchev–Trinajstić information content (AvgIpc) is 3.04. The highest BCUT2D eigenvalue weighted by atomic mass is 32.2. The van der Waals surface area contributed by atoms with Crippen LogP contribution in [0.3, 0.4) is 0 Å². The van der Waals surface area contributed by atoms with E-state index in [0.29, 0.717) is 0 Å². The number of sulfone groups is 1. The van der Waals surface area contributed by atoms with Crippen LogP contribution in [0.1, 0.15) is 19.4 Å². The fraction of sp³-hybridized carbons (Fsp3) is 0.500. The third-order valence-corrected chi connectivity index (χ3v) is 7.15. The summed E-state index contributed by atoms with van der Waals surface area (Å²) in [5, 5.41) is -1.23. The topological polar surface area (TPSA) is 86.7 Å². The van der Waals surface area contributed by atoms with E-state index < -0.39 is 37.9 Å². The lowest BCUT2D eigenvalue weighted by Gasteiger charge is -2.14. The number of methoxy groups -OCH3 is 2. The molecule has 0 bridgehead atoms. The lowest BCUT2D eigenvalue weighted by atomic mass is 9.96. The van der Waals surface area contributed by atoms with E-state index in [2.05, 4.69) is 0 Å². The van der Waals surface area contributed by atoms with E-state index in [1.165, 1.54) is 12.1 Å². The Morgan fingerprint density at radius 3 is 1.83 bits per heavy atom. The van der Waals surface area contributed by atoms with Gasteiger partial charge in [0.05, 0.1) is 19.1 Å². The number of rotatable bonds is 4. The molecule has 0 spiro atoms. The summed E-state index contributed by atoms with van der Waals surface area (Å²) in [5.74, 6) is -1.79. The second-order valence-electron chi connectivity index (χ2n) is 6.25. The van der Waals surface area contributed by atoms with Gasteiger partial charge < -0.3 is 9.47 Å². The zero-order valence-corrected chi connectivity index (χ0v) is 14.6. The fourth-order valence-corrected chi connectivity index (χ4v) is 5.99. The molecule has 23 heavy (non-hydrogen) atoms. The first-order chi connectivity index (χ1) is 10.6. The Morgan fingerprint density at radius 2 is 1.43 bits per heavy atom. The summed E-state index contributed by atoms with van der Waals surface area (Å²) in [4.78, 5) is 24.6. The van der Waals surface area contributed by atoms with Crippen LogP contribution >= 0.6 is 0 Å². The summed E-state index contributed by atoms with van der Waals surface area (Å²) in [6.07, 6.45) is 0. The molecule has 0 heterocycles. The highest BCUT2D eigenvalue weighted by Crippen LogP contribution is 2.68. The minimum Gasteiger partial charge on any atom is -0.468 e. The predicted molar refractivity (Wildman–Crippen MR) is 82.4 cm³/mol. The van der Waals surface area contributed by atoms with Gasteiger partial charge in [-0.1, -0.05) is 31.5 Å². The van der Waals surface area contributed by atoms with E-state index in [0.717, 1.165) is 19.8 Å². The van der Waals surface area contributed by atoms with E-state index in [4.69, 9.17) is 9.47 Å². The van der Waals surface area contributed by atoms with E-state index in [1.807, 2.05) is 6.92 Å². The first kappa shape index (κ1) is 17.5. The van der Waals surface area contributed by atoms with Crippen molar-refractivity contribution in [3.63, 3.8) is 0 Å². The van der Waals surface area contributed by atoms with Gasteiger partial charge in [-0.05, 0) is 19.1 Å². The monoisotopic (exact) mass is 340 g/mol. The molecule has 0 saturated heterocycles. The van der Waals surface area contributed by atoms with Crippen LogP contribution in [-0.2, 0) is 28.9 Å². The van der Waals surface area contributed by atoms with Gasteiger partial charge in [0, 0.05) is 5.41 Å². The molecule has 1 atom stereocenters. The standard InChI is InChI=1S/C16H20O6S/c1-10-6-8-11(9-7-10)23(19,20)12-15(2,3)16(12,13(17)21-4)14(18)22-5/h6-9,12H,1-5H3. The molecule has 2 rings (SSSR count). The van der Waals surface area contributed by atoms with E-state index in [1.54, 1.807) is 26.0 Å². The maximum atomic E-state index is 13.0. The van der Waals surface area contributed by atoms with Crippen LogP contribution < -0.4 is 0 Å². The lowest BCUT2D eigenvalue weighted by Crippen LogP contribution is -2.35. The molecule has 1 aliphatic carbocycles. The van der Waals surface area contributed by atoms with Crippen LogP contribution in [0.2, 0.25) is 0 Å². The molecule has 0 N–H and O–H groups in total. The van der Waals surface area contributed by atoms with Crippen molar-refractivity contribution in [3.8, 4) is 0 Å². The molecule has 0 aromatic heterocycles. The summed E-state index contributed by atoms with van der Waals surface area (Å²) in [6.45, 7) is 4.94. The van der Waals surface area contributed by atoms with Crippen LogP contribution in [0.4, 0.5) is 0 Å². The molecule has 1 saturated carbocycles. The Hall–Kier alpha value is -1.89. The highest BCUT2D eigenvalue weighted by Gasteiger charge is 2.86. The molecule has 126 valence electrons. The maximum absolute atomic E-state index is 13.0. The number of carbonyl (C=O) groups excluding carboxylic acids is 2. The second-order valence-corrected chi connectivity index (χ2v) is 8.28. The Bertz CT molecular complexity index is 729. The smallest absolute Gasteiger partial charge is 0.325 e. The van der Waals surface area contributed by atoms with E-state index >= 15 is 0 Å². The summed E-state index contributed by atoms with van der Waals surface area (Å²) >= 11 is 0. The maximum Gasteiger partial charge on any atom is 0.325 e. The van der Waals surface area contributed by atoms with Crippen molar-refractivity contribution < 1.29 is 27.5 Å². The Balaban J connectivity index is 2.60. The second kappa shape index (κ2) is 5.33. The molecular formula is C16H20O6S. The SMILES string of the molecule is COC(=O)C1(C(=O)OC)C(S(=O)(=O)c2ccc(C)cc2)C1(C)C. The molecule has 7 heteroatoms. The largest absolute Gasteiger partial charge is 0.468 e. The molecule has 1 unspecified atom stereocenters. The van der Waals surface area contributed by atoms with Gasteiger partial charge in [-0.3, -0.25) is 9.59 Å². The number of aryl methyl sites for hydroxylation is 1. The summed E-state index contributed by atoms with van der Waals surface area (Å²) in [5.41, 5.74) is -2.07. The number of ether oxygens (including phenoxy) is 2. The van der Waals surface area contributed by atoms with Gasteiger partial charge in [-0.2, -0.15) is 0 Å². The highest BCUT2D eigenvalue weighted by molar-refractivity contribution is 7.92. The Morgan fingerprint density at radius 1 is 1.00 bits per heavy atom. The molecular weight excluding hydrogens is 320 g/mol. The first-order valence-corrected chi connectivity index (χ1v) is 8.60. The molecule has 0 radical (unpaired) electrons. The molecule has 0 aliphatic heterocycles. The zero-order valence-electron chi connectivity index (χ0n) is 13.7. The van der Waals surface area contributed by atoms with E-state index in [-0.39, 0.29) is 4.90 Å². The molecule has 1 fully saturated rings. The fourth-order valence-electron chi connectivity index (χ4n) is 3.35. The van der Waals surface area contributed by atoms with Crippen LogP contribution in [0.15, 0.2) is 29.2 Å². The van der Waals surface area contributed by atoms with Crippen molar-refractivity contribution in [1.29, 1.82) is 0 Å². The van der Waals surface area contributed by atoms with E-state index in [9.17, 15) is 18.0 Å². The van der Waals surface area contributed by atoms with Gasteiger partial charge in [0.2, 0.25) is 0 Å². The average molecular weight is 340 g/mol. The molecule has 1 aromatic rings. The van der Waals surface area contributed by atoms with Crippen molar-refractivity contribution >= 4 is 21.8 Å². The van der Waals surface area contributed by atoms with Gasteiger partial charge in [-0.15, -0.1) is 0 Å². The minimum atomic E-state index is -3.91. The Kier molecular flexibility index (Phi) is 4.05. The summed E-state index contributed by atoms with van der Waals surface area (Å²) in [7, 11) is -1.67. The number of esters is 2. The van der Waals surface area contributed by atoms with Crippen molar-refractivity contribution in [2.45, 2.75) is 30.9 Å². The summed E-state index contributed by atoms with van der Waals surface area (Å²) < 4.78 is 35.3. The number of benzene rings is 1. The minimum absolute atomic E-state index is 0.0656. The third kappa shape index (κ3) is 2.17. The number of hydrogen-bond acceptors (Lipinski definition) is 6. The summed E-state index contributed by atoms with van der Waals surface area (Å²) in [6, 6.07) is 6.28. The first-order valence-electron chi connectivity index (χ1n) is 7.05. The van der Waals surface area contributed by atoms with Crippen molar-refractivity contribution in [1.82, 2.24) is 0 Å². The van der Waals surface area contributed by atoms with Crippen LogP contribution in [0, 0.1) is 17.8 Å². The molecule has 0 amide bonds. The number of hydrogen-bond donors (Lipinski definition) is 0. The van der Waals surface area contributed by atoms with Crippen molar-refractivity contribution in [2.75, 3.05) is 14.2 Å². The van der Waals surface area contributed by atoms with Crippen molar-refractivity contribution in [2.24, 2.45) is 10.8 Å². The molecule has 6 nitrogen and oxygen atoms in total. The molecule has 1 aromatic carbocycles. The number of carbonyl (C=O) groups is 2. The van der Waals surface area contributed by atoms with Gasteiger partial charge in [0.25, 0.3) is 0 Å². The van der Waals surface area contributed by atoms with Gasteiger partial charge >= 0.3 is 11.9 Å². The molecule has 1 aliphatic rings. The van der Waals surface area contributed by atoms with Gasteiger partial charge in [0.15, 0.2) is 15.3 Å². The predicted octanol–water partition coefficient (Wildman–Crippen LogP) is 1.51. The van der Waals surface area contributed by atoms with Crippen LogP contribution in [-0.4, -0.2) is 39.8 Å². The quantitative estimate of drug-likeness (QED) is 0.610. The van der Waals surface area contributed by atoms with Crippen LogP contribution in [0.25, 0.3) is 0 Å². The van der Waals surface area contributed by atoms with Crippen molar-refractivity contribution in [3.05, 3.63) is 29.8 Å².